The van der Waals surface area contributed by atoms with Crippen molar-refractivity contribution in [2.75, 3.05) is 31.1 Å². The molecule has 1 heterocycles. The third-order valence-corrected chi connectivity index (χ3v) is 5.31. The molecule has 27 heavy (non-hydrogen) atoms. The number of amides is 2. The lowest BCUT2D eigenvalue weighted by Gasteiger charge is -2.36. The van der Waals surface area contributed by atoms with E-state index in [9.17, 15) is 4.79 Å². The standard InChI is InChI=1S/C21H24BrN3O.ClH/c1-16-5-3-8-20(17(16)2)24-11-13-25(14-12-24)21(26)23-10-9-18-6-4-7-19(22)15-18;/h3-10,15H,11-14H2,1-2H3,(H,23,26);1H/b10-9+;. The molecule has 0 unspecified atom stereocenters. The molecule has 2 aromatic carbocycles. The minimum atomic E-state index is -0.0446. The van der Waals surface area contributed by atoms with Crippen molar-refractivity contribution in [2.45, 2.75) is 13.8 Å². The van der Waals surface area contributed by atoms with Crippen LogP contribution in [0.1, 0.15) is 16.7 Å². The maximum absolute atomic E-state index is 12.4. The highest BCUT2D eigenvalue weighted by Crippen LogP contribution is 2.23. The zero-order valence-electron chi connectivity index (χ0n) is 15.6. The summed E-state index contributed by atoms with van der Waals surface area (Å²) >= 11 is 3.45. The molecule has 4 nitrogen and oxygen atoms in total. The summed E-state index contributed by atoms with van der Waals surface area (Å²) in [5.41, 5.74) is 4.95. The van der Waals surface area contributed by atoms with Gasteiger partial charge >= 0.3 is 6.03 Å². The molecular weight excluding hydrogens is 426 g/mol. The van der Waals surface area contributed by atoms with Gasteiger partial charge in [0.05, 0.1) is 0 Å². The van der Waals surface area contributed by atoms with Crippen LogP contribution in [0.2, 0.25) is 0 Å². The molecular formula is C21H25BrClN3O. The Kier molecular flexibility index (Phi) is 7.75. The number of rotatable bonds is 3. The molecule has 0 radical (unpaired) electrons. The summed E-state index contributed by atoms with van der Waals surface area (Å²) in [5, 5.41) is 2.87. The van der Waals surface area contributed by atoms with Crippen LogP contribution in [0, 0.1) is 13.8 Å². The zero-order valence-corrected chi connectivity index (χ0v) is 18.0. The monoisotopic (exact) mass is 449 g/mol. The molecule has 3 rings (SSSR count). The number of nitrogens with zero attached hydrogens (tertiary/aromatic N) is 2. The number of urea groups is 1. The first-order valence-electron chi connectivity index (χ1n) is 8.83. The molecule has 0 atom stereocenters. The van der Waals surface area contributed by atoms with Crippen LogP contribution in [0.25, 0.3) is 6.08 Å². The summed E-state index contributed by atoms with van der Waals surface area (Å²) < 4.78 is 1.02. The Balaban J connectivity index is 0.00000261. The summed E-state index contributed by atoms with van der Waals surface area (Å²) in [6.45, 7) is 7.46. The lowest BCUT2D eigenvalue weighted by Crippen LogP contribution is -2.51. The number of aryl methyl sites for hydroxylation is 1. The number of benzene rings is 2. The number of carbonyl (C=O) groups is 1. The van der Waals surface area contributed by atoms with Crippen LogP contribution in [0.4, 0.5) is 10.5 Å². The van der Waals surface area contributed by atoms with Crippen LogP contribution in [0.3, 0.4) is 0 Å². The summed E-state index contributed by atoms with van der Waals surface area (Å²) in [6, 6.07) is 14.3. The molecule has 144 valence electrons. The smallest absolute Gasteiger partial charge is 0.321 e. The van der Waals surface area contributed by atoms with E-state index in [1.54, 1.807) is 6.20 Å². The van der Waals surface area contributed by atoms with Gasteiger partial charge in [-0.25, -0.2) is 4.79 Å². The van der Waals surface area contributed by atoms with E-state index >= 15 is 0 Å². The molecule has 2 aromatic rings. The van der Waals surface area contributed by atoms with E-state index in [-0.39, 0.29) is 18.4 Å². The van der Waals surface area contributed by atoms with Crippen molar-refractivity contribution < 1.29 is 4.79 Å². The maximum atomic E-state index is 12.4. The second-order valence-corrected chi connectivity index (χ2v) is 7.45. The SMILES string of the molecule is Cc1cccc(N2CCN(C(=O)N/C=C/c3cccc(Br)c3)CC2)c1C.Cl. The van der Waals surface area contributed by atoms with Gasteiger partial charge in [0.15, 0.2) is 0 Å². The second-order valence-electron chi connectivity index (χ2n) is 6.53. The van der Waals surface area contributed by atoms with Gasteiger partial charge in [-0.05, 0) is 54.8 Å². The Bertz CT molecular complexity index is 817. The largest absolute Gasteiger partial charge is 0.368 e. The van der Waals surface area contributed by atoms with Crippen molar-refractivity contribution in [2.24, 2.45) is 0 Å². The molecule has 1 N–H and O–H groups in total. The Labute approximate surface area is 175 Å². The Morgan fingerprint density at radius 1 is 1.07 bits per heavy atom. The average Bonchev–Trinajstić information content (AvgIpc) is 2.64. The van der Waals surface area contributed by atoms with Gasteiger partial charge < -0.3 is 15.1 Å². The fourth-order valence-corrected chi connectivity index (χ4v) is 3.56. The molecule has 0 saturated carbocycles. The molecule has 1 aliphatic heterocycles. The molecule has 1 saturated heterocycles. The van der Waals surface area contributed by atoms with Gasteiger partial charge in [-0.1, -0.05) is 40.2 Å². The highest BCUT2D eigenvalue weighted by Gasteiger charge is 2.21. The molecule has 0 aliphatic carbocycles. The van der Waals surface area contributed by atoms with E-state index in [1.807, 2.05) is 35.2 Å². The Hall–Kier alpha value is -1.98. The van der Waals surface area contributed by atoms with E-state index in [0.29, 0.717) is 0 Å². The lowest BCUT2D eigenvalue weighted by atomic mass is 10.1. The van der Waals surface area contributed by atoms with Crippen molar-refractivity contribution in [3.05, 3.63) is 69.8 Å². The van der Waals surface area contributed by atoms with Crippen LogP contribution < -0.4 is 10.2 Å². The van der Waals surface area contributed by atoms with Gasteiger partial charge in [0.25, 0.3) is 0 Å². The van der Waals surface area contributed by atoms with Crippen molar-refractivity contribution >= 4 is 46.1 Å². The number of nitrogens with one attached hydrogen (secondary N) is 1. The third kappa shape index (κ3) is 5.50. The van der Waals surface area contributed by atoms with E-state index in [4.69, 9.17) is 0 Å². The predicted octanol–water partition coefficient (Wildman–Crippen LogP) is 4.99. The van der Waals surface area contributed by atoms with Crippen molar-refractivity contribution in [1.29, 1.82) is 0 Å². The van der Waals surface area contributed by atoms with Gasteiger partial charge in [0.2, 0.25) is 0 Å². The number of anilines is 1. The summed E-state index contributed by atoms with van der Waals surface area (Å²) in [5.74, 6) is 0. The topological polar surface area (TPSA) is 35.6 Å². The quantitative estimate of drug-likeness (QED) is 0.715. The van der Waals surface area contributed by atoms with Crippen LogP contribution in [-0.2, 0) is 0 Å². The summed E-state index contributed by atoms with van der Waals surface area (Å²) in [7, 11) is 0. The second kappa shape index (κ2) is 9.81. The lowest BCUT2D eigenvalue weighted by molar-refractivity contribution is 0.198. The van der Waals surface area contributed by atoms with Gasteiger partial charge in [-0.3, -0.25) is 0 Å². The molecule has 2 amide bonds. The number of hydrogen-bond acceptors (Lipinski definition) is 2. The first kappa shape index (κ1) is 21.3. The normalized spacial score (nSPS) is 14.2. The van der Waals surface area contributed by atoms with Crippen LogP contribution >= 0.6 is 28.3 Å². The molecule has 0 aromatic heterocycles. The maximum Gasteiger partial charge on any atom is 0.321 e. The van der Waals surface area contributed by atoms with Crippen LogP contribution in [0.5, 0.6) is 0 Å². The third-order valence-electron chi connectivity index (χ3n) is 4.81. The molecule has 6 heteroatoms. The van der Waals surface area contributed by atoms with Gasteiger partial charge in [0.1, 0.15) is 0 Å². The summed E-state index contributed by atoms with van der Waals surface area (Å²) in [6.07, 6.45) is 3.61. The summed E-state index contributed by atoms with van der Waals surface area (Å²) in [4.78, 5) is 16.6. The highest BCUT2D eigenvalue weighted by atomic mass is 79.9. The van der Waals surface area contributed by atoms with Crippen LogP contribution in [-0.4, -0.2) is 37.1 Å². The number of halogens is 2. The minimum Gasteiger partial charge on any atom is -0.368 e. The fraction of sp³-hybridized carbons (Fsp3) is 0.286. The van der Waals surface area contributed by atoms with Crippen molar-refractivity contribution in [1.82, 2.24) is 10.2 Å². The Morgan fingerprint density at radius 3 is 2.48 bits per heavy atom. The van der Waals surface area contributed by atoms with Crippen molar-refractivity contribution in [3.8, 4) is 0 Å². The van der Waals surface area contributed by atoms with Crippen LogP contribution in [0.15, 0.2) is 53.1 Å². The molecule has 1 fully saturated rings. The molecule has 0 spiro atoms. The first-order chi connectivity index (χ1) is 12.5. The zero-order chi connectivity index (χ0) is 18.5. The highest BCUT2D eigenvalue weighted by molar-refractivity contribution is 9.10. The van der Waals surface area contributed by atoms with E-state index in [1.165, 1.54) is 16.8 Å². The fourth-order valence-electron chi connectivity index (χ4n) is 3.14. The molecule has 1 aliphatic rings. The minimum absolute atomic E-state index is 0. The Morgan fingerprint density at radius 2 is 1.78 bits per heavy atom. The average molecular weight is 451 g/mol. The number of hydrogen-bond donors (Lipinski definition) is 1. The van der Waals surface area contributed by atoms with Gasteiger partial charge in [0, 0.05) is 42.5 Å². The van der Waals surface area contributed by atoms with Crippen molar-refractivity contribution in [3.63, 3.8) is 0 Å². The van der Waals surface area contributed by atoms with E-state index in [2.05, 4.69) is 58.2 Å². The predicted molar refractivity (Wildman–Crippen MR) is 119 cm³/mol. The number of piperazine rings is 1. The number of carbonyl (C=O) groups excluding carboxylic acids is 1. The first-order valence-corrected chi connectivity index (χ1v) is 9.62. The van der Waals surface area contributed by atoms with E-state index < -0.39 is 0 Å². The van der Waals surface area contributed by atoms with E-state index in [0.717, 1.165) is 36.2 Å². The molecule has 0 bridgehead atoms. The van der Waals surface area contributed by atoms with Gasteiger partial charge in [-0.15, -0.1) is 12.4 Å². The van der Waals surface area contributed by atoms with Gasteiger partial charge in [-0.2, -0.15) is 0 Å².